The summed E-state index contributed by atoms with van der Waals surface area (Å²) in [5, 5.41) is 2.41. The van der Waals surface area contributed by atoms with Crippen molar-refractivity contribution in [3.63, 3.8) is 0 Å². The second kappa shape index (κ2) is 4.96. The summed E-state index contributed by atoms with van der Waals surface area (Å²) in [6.07, 6.45) is 6.24. The van der Waals surface area contributed by atoms with Gasteiger partial charge >= 0.3 is 0 Å². The largest absolute Gasteiger partial charge is 0.200 e. The van der Waals surface area contributed by atoms with Crippen molar-refractivity contribution in [2.24, 2.45) is 0 Å². The molecule has 1 saturated heterocycles. The van der Waals surface area contributed by atoms with Crippen molar-refractivity contribution in [3.8, 4) is 0 Å². The van der Waals surface area contributed by atoms with E-state index in [1.54, 1.807) is 0 Å². The number of nitrogens with zero attached hydrogens (tertiary/aromatic N) is 2. The highest BCUT2D eigenvalue weighted by Gasteiger charge is 2.15. The van der Waals surface area contributed by atoms with Crippen LogP contribution in [0.15, 0.2) is 30.3 Å². The number of rotatable bonds is 2. The number of hydrogen-bond donors (Lipinski definition) is 0. The second-order valence-electron chi connectivity index (χ2n) is 4.13. The van der Waals surface area contributed by atoms with E-state index in [1.165, 1.54) is 37.9 Å². The lowest BCUT2D eigenvalue weighted by atomic mass is 10.2. The smallest absolute Gasteiger partial charge is 0.186 e. The Balaban J connectivity index is 2.06. The van der Waals surface area contributed by atoms with Gasteiger partial charge < -0.3 is 0 Å². The van der Waals surface area contributed by atoms with Gasteiger partial charge in [-0.05, 0) is 31.4 Å². The molecule has 0 N–H and O–H groups in total. The maximum atomic E-state index is 2.41. The molecule has 2 heteroatoms. The normalized spacial score (nSPS) is 17.9. The summed E-state index contributed by atoms with van der Waals surface area (Å²) in [7, 11) is 2.14. The fourth-order valence-corrected chi connectivity index (χ4v) is 2.03. The van der Waals surface area contributed by atoms with E-state index in [2.05, 4.69) is 53.3 Å². The summed E-state index contributed by atoms with van der Waals surface area (Å²) >= 11 is 0. The Hall–Kier alpha value is -1.31. The molecule has 2 rings (SSSR count). The number of hydrogen-bond acceptors (Lipinski definition) is 1. The first kappa shape index (κ1) is 10.2. The Morgan fingerprint density at radius 2 is 1.73 bits per heavy atom. The molecule has 1 aromatic rings. The van der Waals surface area contributed by atoms with E-state index in [9.17, 15) is 0 Å². The van der Waals surface area contributed by atoms with E-state index in [-0.39, 0.29) is 0 Å². The van der Waals surface area contributed by atoms with E-state index in [4.69, 9.17) is 0 Å². The molecule has 0 aliphatic carbocycles. The van der Waals surface area contributed by atoms with E-state index in [1.807, 2.05) is 0 Å². The molecule has 15 heavy (non-hydrogen) atoms. The second-order valence-corrected chi connectivity index (χ2v) is 4.13. The molecule has 0 aromatic heterocycles. The first-order valence-corrected chi connectivity index (χ1v) is 5.74. The van der Waals surface area contributed by atoms with Crippen molar-refractivity contribution in [2.75, 3.05) is 20.1 Å². The minimum absolute atomic E-state index is 1.19. The molecule has 0 spiro atoms. The number of piperidine rings is 1. The van der Waals surface area contributed by atoms with Crippen molar-refractivity contribution < 1.29 is 4.68 Å². The molecular formula is C13H19N2+. The van der Waals surface area contributed by atoms with E-state index in [0.29, 0.717) is 0 Å². The molecule has 0 radical (unpaired) electrons. The minimum atomic E-state index is 1.19. The van der Waals surface area contributed by atoms with Gasteiger partial charge in [-0.3, -0.25) is 0 Å². The van der Waals surface area contributed by atoms with Gasteiger partial charge in [0, 0.05) is 5.56 Å². The fraction of sp³-hybridized carbons (Fsp3) is 0.462. The first-order valence-electron chi connectivity index (χ1n) is 5.74. The van der Waals surface area contributed by atoms with Gasteiger partial charge in [0.05, 0.1) is 13.1 Å². The number of benzene rings is 1. The van der Waals surface area contributed by atoms with Crippen molar-refractivity contribution >= 4 is 6.21 Å². The van der Waals surface area contributed by atoms with Crippen LogP contribution in [0.2, 0.25) is 0 Å². The van der Waals surface area contributed by atoms with Gasteiger partial charge in [-0.2, -0.15) is 5.01 Å². The Bertz CT molecular complexity index is 324. The molecule has 2 nitrogen and oxygen atoms in total. The maximum absolute atomic E-state index is 2.41. The van der Waals surface area contributed by atoms with Crippen molar-refractivity contribution in [2.45, 2.75) is 19.3 Å². The Morgan fingerprint density at radius 1 is 1.07 bits per heavy atom. The Kier molecular flexibility index (Phi) is 3.38. The zero-order chi connectivity index (χ0) is 10.5. The van der Waals surface area contributed by atoms with Crippen LogP contribution in [0.5, 0.6) is 0 Å². The van der Waals surface area contributed by atoms with Crippen LogP contribution < -0.4 is 0 Å². The summed E-state index contributed by atoms with van der Waals surface area (Å²) in [5.74, 6) is 0. The van der Waals surface area contributed by atoms with Gasteiger partial charge in [0.15, 0.2) is 13.3 Å². The molecule has 80 valence electrons. The van der Waals surface area contributed by atoms with Crippen LogP contribution in [0.3, 0.4) is 0 Å². The SMILES string of the molecule is C[N+](=Cc1ccccc1)N1CCCCC1. The average molecular weight is 203 g/mol. The van der Waals surface area contributed by atoms with Crippen molar-refractivity contribution in [1.29, 1.82) is 0 Å². The molecule has 0 bridgehead atoms. The van der Waals surface area contributed by atoms with Gasteiger partial charge in [0.1, 0.15) is 0 Å². The highest BCUT2D eigenvalue weighted by molar-refractivity contribution is 5.75. The van der Waals surface area contributed by atoms with Crippen LogP contribution in [-0.4, -0.2) is 36.0 Å². The summed E-state index contributed by atoms with van der Waals surface area (Å²) in [4.78, 5) is 0. The summed E-state index contributed by atoms with van der Waals surface area (Å²) < 4.78 is 2.23. The maximum Gasteiger partial charge on any atom is 0.200 e. The highest BCUT2D eigenvalue weighted by atomic mass is 15.5. The van der Waals surface area contributed by atoms with Gasteiger partial charge in [0.25, 0.3) is 0 Å². The molecule has 1 aliphatic heterocycles. The predicted octanol–water partition coefficient (Wildman–Crippen LogP) is 2.15. The summed E-state index contributed by atoms with van der Waals surface area (Å²) in [5.41, 5.74) is 1.27. The van der Waals surface area contributed by atoms with Crippen LogP contribution in [0.25, 0.3) is 0 Å². The van der Waals surface area contributed by atoms with Crippen molar-refractivity contribution in [3.05, 3.63) is 35.9 Å². The third-order valence-corrected chi connectivity index (χ3v) is 2.91. The lowest BCUT2D eigenvalue weighted by Gasteiger charge is -2.22. The topological polar surface area (TPSA) is 6.25 Å². The molecule has 1 aliphatic rings. The molecular weight excluding hydrogens is 184 g/mol. The molecule has 0 atom stereocenters. The quantitative estimate of drug-likeness (QED) is 0.527. The number of hydrazine groups is 1. The first-order chi connectivity index (χ1) is 7.36. The molecule has 1 fully saturated rings. The monoisotopic (exact) mass is 203 g/mol. The van der Waals surface area contributed by atoms with Gasteiger partial charge in [-0.15, -0.1) is 4.68 Å². The van der Waals surface area contributed by atoms with Crippen molar-refractivity contribution in [1.82, 2.24) is 5.01 Å². The third-order valence-electron chi connectivity index (χ3n) is 2.91. The minimum Gasteiger partial charge on any atom is -0.186 e. The summed E-state index contributed by atoms with van der Waals surface area (Å²) in [6.45, 7) is 2.39. The van der Waals surface area contributed by atoms with Crippen LogP contribution >= 0.6 is 0 Å². The molecule has 0 saturated carbocycles. The molecule has 0 amide bonds. The zero-order valence-corrected chi connectivity index (χ0v) is 9.39. The van der Waals surface area contributed by atoms with Gasteiger partial charge in [-0.1, -0.05) is 18.2 Å². The van der Waals surface area contributed by atoms with Crippen LogP contribution in [0, 0.1) is 0 Å². The molecule has 0 unspecified atom stereocenters. The lowest BCUT2D eigenvalue weighted by molar-refractivity contribution is -0.666. The van der Waals surface area contributed by atoms with E-state index in [0.717, 1.165) is 0 Å². The van der Waals surface area contributed by atoms with E-state index < -0.39 is 0 Å². The molecule has 1 aromatic carbocycles. The Morgan fingerprint density at radius 3 is 2.40 bits per heavy atom. The third kappa shape index (κ3) is 2.82. The lowest BCUT2D eigenvalue weighted by Crippen LogP contribution is -2.37. The standard InChI is InChI=1S/C13H19N2/c1-14(15-10-6-3-7-11-15)12-13-8-4-2-5-9-13/h2,4-5,8-9,12H,3,6-7,10-11H2,1H3/q+1. The zero-order valence-electron chi connectivity index (χ0n) is 9.39. The average Bonchev–Trinajstić information content (AvgIpc) is 2.31. The molecule has 1 heterocycles. The van der Waals surface area contributed by atoms with Crippen LogP contribution in [0.4, 0.5) is 0 Å². The van der Waals surface area contributed by atoms with Gasteiger partial charge in [0.2, 0.25) is 0 Å². The van der Waals surface area contributed by atoms with Crippen LogP contribution in [0.1, 0.15) is 24.8 Å². The Labute approximate surface area is 91.8 Å². The predicted molar refractivity (Wildman–Crippen MR) is 63.2 cm³/mol. The van der Waals surface area contributed by atoms with Gasteiger partial charge in [-0.25, -0.2) is 0 Å². The fourth-order valence-electron chi connectivity index (χ4n) is 2.03. The number of hydrazone groups is 1. The highest BCUT2D eigenvalue weighted by Crippen LogP contribution is 2.08. The van der Waals surface area contributed by atoms with Crippen LogP contribution in [-0.2, 0) is 0 Å². The van der Waals surface area contributed by atoms with E-state index >= 15 is 0 Å². The summed E-state index contributed by atoms with van der Waals surface area (Å²) in [6, 6.07) is 10.5.